The predicted molar refractivity (Wildman–Crippen MR) is 126 cm³/mol. The van der Waals surface area contributed by atoms with E-state index in [1.807, 2.05) is 6.08 Å². The second-order valence-electron chi connectivity index (χ2n) is 10.3. The predicted octanol–water partition coefficient (Wildman–Crippen LogP) is 8.02. The van der Waals surface area contributed by atoms with E-state index in [1.165, 1.54) is 0 Å². The lowest BCUT2D eigenvalue weighted by molar-refractivity contribution is 0.0116. The van der Waals surface area contributed by atoms with Gasteiger partial charge in [-0.05, 0) is 80.2 Å². The summed E-state index contributed by atoms with van der Waals surface area (Å²) in [4.78, 5) is 0. The lowest BCUT2D eigenvalue weighted by Gasteiger charge is -2.29. The first kappa shape index (κ1) is 24.5. The van der Waals surface area contributed by atoms with Gasteiger partial charge in [0.25, 0.3) is 0 Å². The minimum atomic E-state index is -0.820. The third-order valence-corrected chi connectivity index (χ3v) is 8.15. The van der Waals surface area contributed by atoms with Crippen molar-refractivity contribution in [3.63, 3.8) is 0 Å². The van der Waals surface area contributed by atoms with Crippen molar-refractivity contribution in [1.29, 1.82) is 0 Å². The third-order valence-electron chi connectivity index (χ3n) is 8.15. The molecule has 2 aromatic rings. The number of benzene rings is 2. The minimum Gasteiger partial charge on any atom is -0.373 e. The van der Waals surface area contributed by atoms with E-state index in [2.05, 4.69) is 6.58 Å². The number of hydrogen-bond donors (Lipinski definition) is 0. The molecule has 0 amide bonds. The van der Waals surface area contributed by atoms with E-state index in [1.54, 1.807) is 24.3 Å². The van der Waals surface area contributed by atoms with E-state index in [9.17, 15) is 17.6 Å². The van der Waals surface area contributed by atoms with Crippen molar-refractivity contribution in [2.24, 2.45) is 5.92 Å². The lowest BCUT2D eigenvalue weighted by Crippen LogP contribution is -2.22. The molecule has 0 N–H and O–H groups in total. The molecule has 0 aromatic heterocycles. The van der Waals surface area contributed by atoms with Gasteiger partial charge in [0, 0.05) is 11.1 Å². The summed E-state index contributed by atoms with van der Waals surface area (Å²) in [6.45, 7) is 4.27. The monoisotopic (exact) mass is 488 g/mol. The maximum atomic E-state index is 14.9. The van der Waals surface area contributed by atoms with E-state index >= 15 is 0 Å². The van der Waals surface area contributed by atoms with Crippen LogP contribution in [0.25, 0.3) is 0 Å². The molecule has 1 saturated heterocycles. The number of hydrogen-bond acceptors (Lipinski definition) is 2. The van der Waals surface area contributed by atoms with Crippen LogP contribution in [0.1, 0.15) is 91.6 Å². The number of epoxide rings is 1. The molecule has 35 heavy (non-hydrogen) atoms. The summed E-state index contributed by atoms with van der Waals surface area (Å²) in [7, 11) is 0. The first-order valence-corrected chi connectivity index (χ1v) is 12.8. The molecule has 1 heterocycles. The Morgan fingerprint density at radius 1 is 0.743 bits per heavy atom. The van der Waals surface area contributed by atoms with Crippen LogP contribution in [-0.2, 0) is 16.1 Å². The zero-order valence-corrected chi connectivity index (χ0v) is 19.9. The number of halogens is 4. The van der Waals surface area contributed by atoms with Gasteiger partial charge in [-0.2, -0.15) is 0 Å². The van der Waals surface area contributed by atoms with Crippen LogP contribution in [0.15, 0.2) is 36.9 Å². The zero-order valence-electron chi connectivity index (χ0n) is 19.9. The molecule has 6 heteroatoms. The molecule has 3 aliphatic rings. The van der Waals surface area contributed by atoms with Gasteiger partial charge in [0.1, 0.15) is 6.10 Å². The summed E-state index contributed by atoms with van der Waals surface area (Å²) < 4.78 is 69.7. The highest BCUT2D eigenvalue weighted by Gasteiger charge is 2.32. The average molecular weight is 489 g/mol. The minimum absolute atomic E-state index is 0.000641. The first-order chi connectivity index (χ1) is 17.0. The Bertz CT molecular complexity index is 1060. The molecule has 0 bridgehead atoms. The van der Waals surface area contributed by atoms with Gasteiger partial charge in [0.05, 0.1) is 19.3 Å². The van der Waals surface area contributed by atoms with Gasteiger partial charge in [0.15, 0.2) is 23.3 Å². The Kier molecular flexibility index (Phi) is 7.31. The van der Waals surface area contributed by atoms with E-state index < -0.39 is 23.3 Å². The van der Waals surface area contributed by atoms with Gasteiger partial charge in [-0.25, -0.2) is 17.6 Å². The van der Waals surface area contributed by atoms with Crippen molar-refractivity contribution in [1.82, 2.24) is 0 Å². The molecule has 2 aliphatic carbocycles. The van der Waals surface area contributed by atoms with Gasteiger partial charge in [-0.15, -0.1) is 6.58 Å². The van der Waals surface area contributed by atoms with Crippen LogP contribution in [0.3, 0.4) is 0 Å². The van der Waals surface area contributed by atoms with Gasteiger partial charge < -0.3 is 9.47 Å². The van der Waals surface area contributed by atoms with Gasteiger partial charge in [-0.1, -0.05) is 30.3 Å². The van der Waals surface area contributed by atoms with E-state index in [-0.39, 0.29) is 41.8 Å². The van der Waals surface area contributed by atoms with Gasteiger partial charge in [0.2, 0.25) is 0 Å². The molecule has 5 rings (SSSR count). The fourth-order valence-electron chi connectivity index (χ4n) is 5.82. The smallest absolute Gasteiger partial charge is 0.165 e. The van der Waals surface area contributed by atoms with Crippen LogP contribution in [0.5, 0.6) is 0 Å². The third kappa shape index (κ3) is 5.19. The second-order valence-corrected chi connectivity index (χ2v) is 10.3. The van der Waals surface area contributed by atoms with Crippen LogP contribution in [0.4, 0.5) is 17.6 Å². The quantitative estimate of drug-likeness (QED) is 0.224. The molecule has 0 spiro atoms. The number of allylic oxidation sites excluding steroid dienone is 1. The molecule has 1 unspecified atom stereocenters. The highest BCUT2D eigenvalue weighted by molar-refractivity contribution is 5.32. The topological polar surface area (TPSA) is 21.8 Å². The fraction of sp³-hybridized carbons (Fsp3) is 0.517. The van der Waals surface area contributed by atoms with Gasteiger partial charge in [-0.3, -0.25) is 0 Å². The molecule has 3 fully saturated rings. The van der Waals surface area contributed by atoms with Crippen molar-refractivity contribution in [2.45, 2.75) is 82.0 Å². The highest BCUT2D eigenvalue weighted by atomic mass is 19.2. The molecule has 2 aromatic carbocycles. The van der Waals surface area contributed by atoms with Crippen molar-refractivity contribution >= 4 is 0 Å². The summed E-state index contributed by atoms with van der Waals surface area (Å²) >= 11 is 0. The molecule has 188 valence electrons. The van der Waals surface area contributed by atoms with Crippen molar-refractivity contribution in [3.05, 3.63) is 82.4 Å². The summed E-state index contributed by atoms with van der Waals surface area (Å²) in [5.74, 6) is -2.73. The lowest BCUT2D eigenvalue weighted by atomic mass is 9.78. The van der Waals surface area contributed by atoms with Crippen LogP contribution < -0.4 is 0 Å². The molecule has 1 atom stereocenters. The summed E-state index contributed by atoms with van der Waals surface area (Å²) in [6, 6.07) is 6.65. The Hall–Kier alpha value is -2.18. The van der Waals surface area contributed by atoms with E-state index in [0.717, 1.165) is 25.7 Å². The maximum Gasteiger partial charge on any atom is 0.165 e. The van der Waals surface area contributed by atoms with E-state index in [0.29, 0.717) is 49.3 Å². The van der Waals surface area contributed by atoms with Crippen LogP contribution >= 0.6 is 0 Å². The van der Waals surface area contributed by atoms with Crippen LogP contribution in [0.2, 0.25) is 0 Å². The SMILES string of the molecule is C=CC1CCC(c2ccc(COC3CCC(c4ccc(C5CO5)c(F)c4F)CC3)c(F)c2F)CC1. The standard InChI is InChI=1S/C29H32F4O2/c1-2-17-3-5-18(6-4-17)22-12-9-20(26(30)27(22)31)15-34-21-10-7-19(8-11-21)23-13-14-24(25-16-35-25)29(33)28(23)32/h2,9,12-14,17-19,21,25H,1,3-8,10-11,15-16H2. The fourth-order valence-corrected chi connectivity index (χ4v) is 5.82. The Morgan fingerprint density at radius 3 is 1.86 bits per heavy atom. The average Bonchev–Trinajstić information content (AvgIpc) is 3.72. The Morgan fingerprint density at radius 2 is 1.26 bits per heavy atom. The van der Waals surface area contributed by atoms with Crippen LogP contribution in [-0.4, -0.2) is 12.7 Å². The van der Waals surface area contributed by atoms with Crippen molar-refractivity contribution in [3.8, 4) is 0 Å². The molecule has 2 nitrogen and oxygen atoms in total. The normalized spacial score (nSPS) is 28.6. The zero-order chi connectivity index (χ0) is 24.5. The highest BCUT2D eigenvalue weighted by Crippen LogP contribution is 2.40. The number of ether oxygens (including phenoxy) is 2. The molecular formula is C29H32F4O2. The molecular weight excluding hydrogens is 456 g/mol. The van der Waals surface area contributed by atoms with E-state index in [4.69, 9.17) is 9.47 Å². The Labute approximate surface area is 204 Å². The molecule has 1 aliphatic heterocycles. The maximum absolute atomic E-state index is 14.9. The molecule has 0 radical (unpaired) electrons. The molecule has 2 saturated carbocycles. The second kappa shape index (κ2) is 10.4. The van der Waals surface area contributed by atoms with Gasteiger partial charge >= 0.3 is 0 Å². The summed E-state index contributed by atoms with van der Waals surface area (Å²) in [5.41, 5.74) is 1.37. The first-order valence-electron chi connectivity index (χ1n) is 12.8. The van der Waals surface area contributed by atoms with Crippen molar-refractivity contribution in [2.75, 3.05) is 6.61 Å². The summed E-state index contributed by atoms with van der Waals surface area (Å²) in [5, 5.41) is 0. The summed E-state index contributed by atoms with van der Waals surface area (Å²) in [6.07, 6.45) is 7.74. The largest absolute Gasteiger partial charge is 0.373 e. The van der Waals surface area contributed by atoms with Crippen LogP contribution in [0, 0.1) is 29.2 Å². The Balaban J connectivity index is 1.15. The number of rotatable bonds is 7. The van der Waals surface area contributed by atoms with Crippen molar-refractivity contribution < 1.29 is 27.0 Å².